The molecule has 3 aliphatic rings. The first-order valence-electron chi connectivity index (χ1n) is 13.5. The number of ketones is 1. The van der Waals surface area contributed by atoms with Crippen molar-refractivity contribution in [3.63, 3.8) is 0 Å². The standard InChI is InChI=1S/C28H38F3NO7S/c1-13(7-17-12-40-25(32-17)37-6)19-9-21-27(39-21,28(29,30)31)11-16-8-18(16)14(2)23(35)15(3)24(36)26(4,5)20(33)10-22(34)38-19/h7,12,14-16,18-21,23,33,35H,8-11H2,1-6H3/b13-7+/t14-,15+,16?,18?,19-,20-,21?,23-,27?/m0/s1. The van der Waals surface area contributed by atoms with Crippen LogP contribution in [-0.2, 0) is 19.1 Å². The Morgan fingerprint density at radius 3 is 2.50 bits per heavy atom. The van der Waals surface area contributed by atoms with E-state index in [-0.39, 0.29) is 24.7 Å². The van der Waals surface area contributed by atoms with Gasteiger partial charge >= 0.3 is 12.1 Å². The summed E-state index contributed by atoms with van der Waals surface area (Å²) in [5.74, 6) is -3.13. The quantitative estimate of drug-likeness (QED) is 0.389. The Hall–Kier alpha value is -2.02. The zero-order chi connectivity index (χ0) is 29.8. The Bertz CT molecular complexity index is 1150. The Morgan fingerprint density at radius 1 is 1.23 bits per heavy atom. The number of aliphatic hydroxyl groups is 2. The van der Waals surface area contributed by atoms with E-state index in [1.165, 1.54) is 32.3 Å². The van der Waals surface area contributed by atoms with E-state index in [0.29, 0.717) is 22.9 Å². The average Bonchev–Trinajstić information content (AvgIpc) is 3.75. The number of hydrogen-bond donors (Lipinski definition) is 2. The normalized spacial score (nSPS) is 39.1. The van der Waals surface area contributed by atoms with Gasteiger partial charge in [0, 0.05) is 17.7 Å². The van der Waals surface area contributed by atoms with Crippen molar-refractivity contribution in [2.45, 2.75) is 96.5 Å². The van der Waals surface area contributed by atoms with E-state index in [9.17, 15) is 33.0 Å². The van der Waals surface area contributed by atoms with E-state index in [4.69, 9.17) is 14.2 Å². The molecular weight excluding hydrogens is 551 g/mol. The number of esters is 1. The van der Waals surface area contributed by atoms with Crippen molar-refractivity contribution in [1.82, 2.24) is 4.98 Å². The Balaban J connectivity index is 1.66. The molecule has 4 unspecified atom stereocenters. The lowest BCUT2D eigenvalue weighted by Crippen LogP contribution is -2.46. The summed E-state index contributed by atoms with van der Waals surface area (Å²) in [6.07, 6.45) is -8.44. The highest BCUT2D eigenvalue weighted by molar-refractivity contribution is 7.11. The number of halogens is 3. The number of carbonyl (C=O) groups excluding carboxylic acids is 2. The van der Waals surface area contributed by atoms with Crippen LogP contribution >= 0.6 is 11.3 Å². The molecule has 1 aliphatic carbocycles. The molecule has 3 heterocycles. The van der Waals surface area contributed by atoms with Crippen molar-refractivity contribution in [3.05, 3.63) is 16.6 Å². The lowest BCUT2D eigenvalue weighted by Gasteiger charge is -2.34. The molecule has 0 spiro atoms. The number of aliphatic hydroxyl groups excluding tert-OH is 2. The van der Waals surface area contributed by atoms with Crippen LogP contribution in [0.3, 0.4) is 0 Å². The summed E-state index contributed by atoms with van der Waals surface area (Å²) in [4.78, 5) is 30.6. The number of aromatic nitrogens is 1. The van der Waals surface area contributed by atoms with Gasteiger partial charge in [-0.2, -0.15) is 13.2 Å². The maximum Gasteiger partial charge on any atom is 0.420 e. The number of methoxy groups -OCH3 is 1. The number of cyclic esters (lactones) is 1. The first-order chi connectivity index (χ1) is 18.5. The molecule has 0 radical (unpaired) electrons. The van der Waals surface area contributed by atoms with Gasteiger partial charge in [0.05, 0.1) is 36.8 Å². The molecule has 224 valence electrons. The van der Waals surface area contributed by atoms with Crippen molar-refractivity contribution < 1.29 is 47.2 Å². The monoisotopic (exact) mass is 589 g/mol. The highest BCUT2D eigenvalue weighted by atomic mass is 32.1. The van der Waals surface area contributed by atoms with Gasteiger partial charge in [0.15, 0.2) is 5.60 Å². The summed E-state index contributed by atoms with van der Waals surface area (Å²) in [6, 6.07) is 0. The molecular formula is C28H38F3NO7S. The summed E-state index contributed by atoms with van der Waals surface area (Å²) in [7, 11) is 1.47. The molecule has 9 atom stereocenters. The second kappa shape index (κ2) is 11.0. The number of epoxide rings is 1. The number of Topliss-reactive ketones (excluding diaryl/α,β-unsaturated/α-hetero) is 1. The highest BCUT2D eigenvalue weighted by Crippen LogP contribution is 2.61. The van der Waals surface area contributed by atoms with Crippen LogP contribution in [0.15, 0.2) is 11.0 Å². The lowest BCUT2D eigenvalue weighted by atomic mass is 9.72. The van der Waals surface area contributed by atoms with Crippen molar-refractivity contribution in [2.24, 2.45) is 29.1 Å². The van der Waals surface area contributed by atoms with Gasteiger partial charge in [0.2, 0.25) is 0 Å². The van der Waals surface area contributed by atoms with Crippen LogP contribution in [0.4, 0.5) is 13.2 Å². The van der Waals surface area contributed by atoms with Crippen molar-refractivity contribution in [3.8, 4) is 5.19 Å². The summed E-state index contributed by atoms with van der Waals surface area (Å²) in [5.41, 5.74) is -2.79. The molecule has 2 saturated heterocycles. The third-order valence-corrected chi connectivity index (χ3v) is 9.89. The number of thiazole rings is 1. The Kier molecular flexibility index (Phi) is 8.50. The first kappa shape index (κ1) is 30.9. The van der Waals surface area contributed by atoms with E-state index < -0.39 is 71.6 Å². The van der Waals surface area contributed by atoms with E-state index in [2.05, 4.69) is 4.98 Å². The summed E-state index contributed by atoms with van der Waals surface area (Å²) < 4.78 is 59.3. The molecule has 4 rings (SSSR count). The van der Waals surface area contributed by atoms with Gasteiger partial charge < -0.3 is 24.4 Å². The van der Waals surface area contributed by atoms with Gasteiger partial charge in [0.1, 0.15) is 18.0 Å². The molecule has 2 aliphatic heterocycles. The second-order valence-corrected chi connectivity index (χ2v) is 13.0. The minimum Gasteiger partial charge on any atom is -0.473 e. The maximum absolute atomic E-state index is 14.4. The van der Waals surface area contributed by atoms with E-state index in [1.807, 2.05) is 0 Å². The number of ether oxygens (including phenoxy) is 3. The molecule has 1 saturated carbocycles. The maximum atomic E-state index is 14.4. The number of alkyl halides is 3. The van der Waals surface area contributed by atoms with E-state index in [0.717, 1.165) is 0 Å². The van der Waals surface area contributed by atoms with Crippen LogP contribution in [0.1, 0.15) is 66.0 Å². The van der Waals surface area contributed by atoms with Crippen molar-refractivity contribution in [2.75, 3.05) is 7.11 Å². The molecule has 0 aromatic carbocycles. The van der Waals surface area contributed by atoms with Crippen LogP contribution < -0.4 is 4.74 Å². The van der Waals surface area contributed by atoms with Gasteiger partial charge in [-0.15, -0.1) is 0 Å². The number of rotatable bonds is 3. The van der Waals surface area contributed by atoms with Crippen molar-refractivity contribution >= 4 is 29.2 Å². The van der Waals surface area contributed by atoms with Crippen LogP contribution in [0.5, 0.6) is 5.19 Å². The molecule has 3 fully saturated rings. The summed E-state index contributed by atoms with van der Waals surface area (Å²) in [5, 5.41) is 24.0. The number of hydrogen-bond acceptors (Lipinski definition) is 9. The number of carbonyl (C=O) groups is 2. The summed E-state index contributed by atoms with van der Waals surface area (Å²) >= 11 is 1.24. The first-order valence-corrected chi connectivity index (χ1v) is 14.4. The largest absolute Gasteiger partial charge is 0.473 e. The minimum absolute atomic E-state index is 0.190. The SMILES string of the molecule is COc1nc(/C=C(\C)[C@@H]2CC3OC3(C(F)(F)F)CC3CC3[C@H](C)[C@H](O)[C@@H](C)C(=O)C(C)(C)[C@@H](O)CC(=O)O2)cs1. The van der Waals surface area contributed by atoms with Crippen molar-refractivity contribution in [1.29, 1.82) is 0 Å². The second-order valence-electron chi connectivity index (χ2n) is 12.1. The summed E-state index contributed by atoms with van der Waals surface area (Å²) in [6.45, 7) is 7.94. The minimum atomic E-state index is -4.64. The zero-order valence-electron chi connectivity index (χ0n) is 23.5. The third kappa shape index (κ3) is 5.96. The van der Waals surface area contributed by atoms with Gasteiger partial charge in [-0.3, -0.25) is 9.59 Å². The molecule has 1 aromatic rings. The van der Waals surface area contributed by atoms with E-state index >= 15 is 0 Å². The van der Waals surface area contributed by atoms with Crippen LogP contribution in [0.2, 0.25) is 0 Å². The van der Waals surface area contributed by atoms with Crippen LogP contribution in [0, 0.1) is 29.1 Å². The topological polar surface area (TPSA) is 118 Å². The molecule has 40 heavy (non-hydrogen) atoms. The third-order valence-electron chi connectivity index (χ3n) is 9.07. The molecule has 1 aromatic heterocycles. The fourth-order valence-corrected chi connectivity index (χ4v) is 6.65. The van der Waals surface area contributed by atoms with Gasteiger partial charge in [-0.1, -0.05) is 39.0 Å². The Morgan fingerprint density at radius 2 is 1.90 bits per heavy atom. The van der Waals surface area contributed by atoms with Gasteiger partial charge in [-0.25, -0.2) is 4.98 Å². The molecule has 2 N–H and O–H groups in total. The molecule has 0 bridgehead atoms. The lowest BCUT2D eigenvalue weighted by molar-refractivity contribution is -0.187. The molecule has 8 nitrogen and oxygen atoms in total. The highest BCUT2D eigenvalue weighted by Gasteiger charge is 2.74. The van der Waals surface area contributed by atoms with Gasteiger partial charge in [0.25, 0.3) is 5.19 Å². The number of nitrogens with zero attached hydrogens (tertiary/aromatic N) is 1. The average molecular weight is 590 g/mol. The van der Waals surface area contributed by atoms with Crippen LogP contribution in [0.25, 0.3) is 6.08 Å². The number of fused-ring (bicyclic) bond motifs is 2. The molecule has 0 amide bonds. The van der Waals surface area contributed by atoms with Crippen LogP contribution in [-0.4, -0.2) is 70.3 Å². The van der Waals surface area contributed by atoms with Gasteiger partial charge in [-0.05, 0) is 49.2 Å². The predicted molar refractivity (Wildman–Crippen MR) is 140 cm³/mol. The fourth-order valence-electron chi connectivity index (χ4n) is 6.05. The van der Waals surface area contributed by atoms with E-state index in [1.54, 1.807) is 32.2 Å². The predicted octanol–water partition coefficient (Wildman–Crippen LogP) is 4.58. The molecule has 12 heteroatoms. The Labute approximate surface area is 235 Å². The fraction of sp³-hybridized carbons (Fsp3) is 0.750. The zero-order valence-corrected chi connectivity index (χ0v) is 24.3. The smallest absolute Gasteiger partial charge is 0.420 e.